The van der Waals surface area contributed by atoms with Crippen molar-refractivity contribution in [3.63, 3.8) is 0 Å². The lowest BCUT2D eigenvalue weighted by Gasteiger charge is -2.28. The summed E-state index contributed by atoms with van der Waals surface area (Å²) in [5.41, 5.74) is 0.134. The van der Waals surface area contributed by atoms with E-state index < -0.39 is 11.7 Å². The number of amides is 2. The molecule has 1 aromatic rings. The van der Waals surface area contributed by atoms with E-state index in [9.17, 15) is 9.59 Å². The Bertz CT molecular complexity index is 680. The SMILES string of the molecule is CC(C)(C)OC(=O)N[C@H]1CCN(c2ncccc2C(=O)N2CCCCC2)C1. The second kappa shape index (κ2) is 8.15. The Labute approximate surface area is 161 Å². The third-order valence-corrected chi connectivity index (χ3v) is 4.87. The molecule has 2 aliphatic rings. The van der Waals surface area contributed by atoms with Gasteiger partial charge in [0.25, 0.3) is 5.91 Å². The first kappa shape index (κ1) is 19.5. The van der Waals surface area contributed by atoms with Gasteiger partial charge in [0.1, 0.15) is 11.4 Å². The van der Waals surface area contributed by atoms with Gasteiger partial charge in [0, 0.05) is 32.4 Å². The van der Waals surface area contributed by atoms with Gasteiger partial charge in [0.05, 0.1) is 11.6 Å². The third-order valence-electron chi connectivity index (χ3n) is 4.87. The van der Waals surface area contributed by atoms with Gasteiger partial charge in [0.15, 0.2) is 0 Å². The fourth-order valence-corrected chi connectivity index (χ4v) is 3.63. The van der Waals surface area contributed by atoms with Crippen LogP contribution in [-0.4, -0.2) is 59.7 Å². The molecule has 27 heavy (non-hydrogen) atoms. The van der Waals surface area contributed by atoms with E-state index in [1.807, 2.05) is 37.8 Å². The molecule has 148 valence electrons. The van der Waals surface area contributed by atoms with Crippen molar-refractivity contribution in [2.24, 2.45) is 0 Å². The Morgan fingerprint density at radius 1 is 1.19 bits per heavy atom. The van der Waals surface area contributed by atoms with Crippen molar-refractivity contribution in [1.29, 1.82) is 0 Å². The Hall–Kier alpha value is -2.31. The van der Waals surface area contributed by atoms with Crippen LogP contribution >= 0.6 is 0 Å². The molecule has 0 bridgehead atoms. The fraction of sp³-hybridized carbons (Fsp3) is 0.650. The van der Waals surface area contributed by atoms with Gasteiger partial charge in [-0.3, -0.25) is 4.79 Å². The van der Waals surface area contributed by atoms with Gasteiger partial charge in [-0.2, -0.15) is 0 Å². The van der Waals surface area contributed by atoms with Crippen LogP contribution in [0.1, 0.15) is 56.8 Å². The first-order chi connectivity index (χ1) is 12.8. The number of carbonyl (C=O) groups is 2. The molecule has 3 rings (SSSR count). The Kier molecular flexibility index (Phi) is 5.87. The smallest absolute Gasteiger partial charge is 0.407 e. The molecule has 1 N–H and O–H groups in total. The average Bonchev–Trinajstić information content (AvgIpc) is 3.08. The molecule has 0 radical (unpaired) electrons. The quantitative estimate of drug-likeness (QED) is 0.881. The number of alkyl carbamates (subject to hydrolysis) is 1. The van der Waals surface area contributed by atoms with Gasteiger partial charge in [0.2, 0.25) is 0 Å². The highest BCUT2D eigenvalue weighted by molar-refractivity contribution is 5.99. The number of aromatic nitrogens is 1. The summed E-state index contributed by atoms with van der Waals surface area (Å²) >= 11 is 0. The molecular formula is C20H30N4O3. The monoisotopic (exact) mass is 374 g/mol. The van der Waals surface area contributed by atoms with E-state index in [1.165, 1.54) is 6.42 Å². The molecular weight excluding hydrogens is 344 g/mol. The van der Waals surface area contributed by atoms with E-state index in [1.54, 1.807) is 6.20 Å². The predicted octanol–water partition coefficient (Wildman–Crippen LogP) is 2.81. The van der Waals surface area contributed by atoms with Gasteiger partial charge in [-0.1, -0.05) is 0 Å². The molecule has 2 aliphatic heterocycles. The summed E-state index contributed by atoms with van der Waals surface area (Å²) in [6, 6.07) is 3.65. The molecule has 7 nitrogen and oxygen atoms in total. The zero-order chi connectivity index (χ0) is 19.4. The van der Waals surface area contributed by atoms with Crippen molar-refractivity contribution in [1.82, 2.24) is 15.2 Å². The molecule has 2 fully saturated rings. The standard InChI is InChI=1S/C20H30N4O3/c1-20(2,3)27-19(26)22-15-9-13-24(14-15)17-16(8-7-10-21-17)18(25)23-11-5-4-6-12-23/h7-8,10,15H,4-6,9,11-14H2,1-3H3,(H,22,26)/t15-/m0/s1. The number of anilines is 1. The zero-order valence-electron chi connectivity index (χ0n) is 16.5. The van der Waals surface area contributed by atoms with E-state index in [0.717, 1.165) is 38.9 Å². The van der Waals surface area contributed by atoms with Crippen LogP contribution in [0.5, 0.6) is 0 Å². The molecule has 2 saturated heterocycles. The van der Waals surface area contributed by atoms with Crippen molar-refractivity contribution < 1.29 is 14.3 Å². The Morgan fingerprint density at radius 3 is 2.63 bits per heavy atom. The van der Waals surface area contributed by atoms with Gasteiger partial charge >= 0.3 is 6.09 Å². The normalized spacial score (nSPS) is 20.5. The Balaban J connectivity index is 1.65. The number of hydrogen-bond acceptors (Lipinski definition) is 5. The van der Waals surface area contributed by atoms with E-state index in [4.69, 9.17) is 4.74 Å². The summed E-state index contributed by atoms with van der Waals surface area (Å²) in [7, 11) is 0. The van der Waals surface area contributed by atoms with E-state index in [0.29, 0.717) is 17.9 Å². The largest absolute Gasteiger partial charge is 0.444 e. The van der Waals surface area contributed by atoms with E-state index in [-0.39, 0.29) is 11.9 Å². The van der Waals surface area contributed by atoms with Crippen molar-refractivity contribution in [3.8, 4) is 0 Å². The molecule has 3 heterocycles. The highest BCUT2D eigenvalue weighted by Crippen LogP contribution is 2.25. The number of piperidine rings is 1. The van der Waals surface area contributed by atoms with Crippen LogP contribution in [0.25, 0.3) is 0 Å². The van der Waals surface area contributed by atoms with Crippen molar-refractivity contribution in [3.05, 3.63) is 23.9 Å². The lowest BCUT2D eigenvalue weighted by molar-refractivity contribution is 0.0508. The van der Waals surface area contributed by atoms with Crippen molar-refractivity contribution >= 4 is 17.8 Å². The van der Waals surface area contributed by atoms with Gasteiger partial charge in [-0.05, 0) is 58.6 Å². The molecule has 7 heteroatoms. The number of likely N-dealkylation sites (tertiary alicyclic amines) is 1. The van der Waals surface area contributed by atoms with Crippen molar-refractivity contribution in [2.75, 3.05) is 31.1 Å². The lowest BCUT2D eigenvalue weighted by atomic mass is 10.1. The number of pyridine rings is 1. The zero-order valence-corrected chi connectivity index (χ0v) is 16.5. The third kappa shape index (κ3) is 5.11. The number of rotatable bonds is 3. The highest BCUT2D eigenvalue weighted by atomic mass is 16.6. The summed E-state index contributed by atoms with van der Waals surface area (Å²) in [5.74, 6) is 0.767. The van der Waals surface area contributed by atoms with Crippen LogP contribution in [0.3, 0.4) is 0 Å². The van der Waals surface area contributed by atoms with Crippen LogP contribution in [0.2, 0.25) is 0 Å². The fourth-order valence-electron chi connectivity index (χ4n) is 3.63. The molecule has 0 unspecified atom stereocenters. The minimum atomic E-state index is -0.516. The second-order valence-electron chi connectivity index (χ2n) is 8.31. The molecule has 1 aromatic heterocycles. The molecule has 0 saturated carbocycles. The number of nitrogens with one attached hydrogen (secondary N) is 1. The van der Waals surface area contributed by atoms with Crippen molar-refractivity contribution in [2.45, 2.75) is 58.1 Å². The second-order valence-corrected chi connectivity index (χ2v) is 8.31. The first-order valence-electron chi connectivity index (χ1n) is 9.82. The Morgan fingerprint density at radius 2 is 1.93 bits per heavy atom. The van der Waals surface area contributed by atoms with E-state index >= 15 is 0 Å². The van der Waals surface area contributed by atoms with Gasteiger partial charge < -0.3 is 19.9 Å². The molecule has 0 aliphatic carbocycles. The maximum absolute atomic E-state index is 13.0. The number of nitrogens with zero attached hydrogens (tertiary/aromatic N) is 3. The maximum Gasteiger partial charge on any atom is 0.407 e. The minimum absolute atomic E-state index is 0.0141. The lowest BCUT2D eigenvalue weighted by Crippen LogP contribution is -2.41. The van der Waals surface area contributed by atoms with Crippen LogP contribution in [-0.2, 0) is 4.74 Å². The maximum atomic E-state index is 13.0. The summed E-state index contributed by atoms with van der Waals surface area (Å²) < 4.78 is 5.34. The molecule has 1 atom stereocenters. The van der Waals surface area contributed by atoms with Crippen LogP contribution in [0.15, 0.2) is 18.3 Å². The average molecular weight is 374 g/mol. The molecule has 0 aromatic carbocycles. The summed E-state index contributed by atoms with van der Waals surface area (Å²) in [6.07, 6.45) is 5.43. The minimum Gasteiger partial charge on any atom is -0.444 e. The van der Waals surface area contributed by atoms with Gasteiger partial charge in [-0.15, -0.1) is 0 Å². The van der Waals surface area contributed by atoms with Crippen LogP contribution in [0.4, 0.5) is 10.6 Å². The number of carbonyl (C=O) groups excluding carboxylic acids is 2. The summed E-state index contributed by atoms with van der Waals surface area (Å²) in [5, 5.41) is 2.92. The molecule has 0 spiro atoms. The molecule has 2 amide bonds. The topological polar surface area (TPSA) is 74.8 Å². The highest BCUT2D eigenvalue weighted by Gasteiger charge is 2.30. The van der Waals surface area contributed by atoms with Gasteiger partial charge in [-0.25, -0.2) is 9.78 Å². The predicted molar refractivity (Wildman–Crippen MR) is 104 cm³/mol. The number of ether oxygens (including phenoxy) is 1. The number of hydrogen-bond donors (Lipinski definition) is 1. The van der Waals surface area contributed by atoms with Crippen LogP contribution < -0.4 is 10.2 Å². The first-order valence-corrected chi connectivity index (χ1v) is 9.82. The van der Waals surface area contributed by atoms with Crippen LogP contribution in [0, 0.1) is 0 Å². The summed E-state index contributed by atoms with van der Waals surface area (Å²) in [4.78, 5) is 33.5. The summed E-state index contributed by atoms with van der Waals surface area (Å²) in [6.45, 7) is 8.54. The van der Waals surface area contributed by atoms with E-state index in [2.05, 4.69) is 15.2 Å².